The molecule has 1 aromatic carbocycles. The number of rotatable bonds is 1. The van der Waals surface area contributed by atoms with Crippen molar-refractivity contribution in [3.8, 4) is 0 Å². The molecule has 1 rings (SSSR count). The van der Waals surface area contributed by atoms with E-state index in [1.165, 1.54) is 5.56 Å². The van der Waals surface area contributed by atoms with E-state index in [1.54, 1.807) is 6.07 Å². The van der Waals surface area contributed by atoms with E-state index < -0.39 is 0 Å². The van der Waals surface area contributed by atoms with Crippen molar-refractivity contribution in [3.05, 3.63) is 33.8 Å². The third-order valence-corrected chi connectivity index (χ3v) is 3.29. The molecule has 0 spiro atoms. The summed E-state index contributed by atoms with van der Waals surface area (Å²) < 4.78 is 0. The van der Waals surface area contributed by atoms with Crippen LogP contribution in [0, 0.1) is 5.41 Å². The van der Waals surface area contributed by atoms with Gasteiger partial charge in [0, 0.05) is 10.0 Å². The van der Waals surface area contributed by atoms with Gasteiger partial charge < -0.3 is 0 Å². The first-order valence-electron chi connectivity index (χ1n) is 4.77. The zero-order valence-electron chi connectivity index (χ0n) is 9.07. The number of hydrogen-bond acceptors (Lipinski definition) is 0. The highest BCUT2D eigenvalue weighted by Gasteiger charge is 2.23. The molecule has 0 saturated carbocycles. The third-order valence-electron chi connectivity index (χ3n) is 2.73. The summed E-state index contributed by atoms with van der Waals surface area (Å²) in [5.74, 6) is 0.423. The topological polar surface area (TPSA) is 0 Å². The summed E-state index contributed by atoms with van der Waals surface area (Å²) in [5.41, 5.74) is 1.39. The van der Waals surface area contributed by atoms with Crippen LogP contribution in [0.1, 0.15) is 39.2 Å². The van der Waals surface area contributed by atoms with Crippen LogP contribution in [0.25, 0.3) is 0 Å². The summed E-state index contributed by atoms with van der Waals surface area (Å²) in [5, 5.41) is 1.46. The van der Waals surface area contributed by atoms with Gasteiger partial charge in [-0.25, -0.2) is 0 Å². The van der Waals surface area contributed by atoms with Crippen LogP contribution < -0.4 is 0 Å². The van der Waals surface area contributed by atoms with E-state index in [4.69, 9.17) is 23.2 Å². The molecule has 1 aromatic rings. The van der Waals surface area contributed by atoms with Crippen LogP contribution in [-0.2, 0) is 0 Å². The Morgan fingerprint density at radius 1 is 1.14 bits per heavy atom. The van der Waals surface area contributed by atoms with Gasteiger partial charge in [0.2, 0.25) is 0 Å². The van der Waals surface area contributed by atoms with E-state index in [2.05, 4.69) is 27.7 Å². The fourth-order valence-corrected chi connectivity index (χ4v) is 1.89. The van der Waals surface area contributed by atoms with Gasteiger partial charge in [0.05, 0.1) is 0 Å². The molecule has 14 heavy (non-hydrogen) atoms. The highest BCUT2D eigenvalue weighted by molar-refractivity contribution is 6.35. The second kappa shape index (κ2) is 4.12. The Morgan fingerprint density at radius 2 is 1.71 bits per heavy atom. The lowest BCUT2D eigenvalue weighted by atomic mass is 9.78. The van der Waals surface area contributed by atoms with Crippen molar-refractivity contribution in [1.82, 2.24) is 0 Å². The van der Waals surface area contributed by atoms with Crippen molar-refractivity contribution in [1.29, 1.82) is 0 Å². The van der Waals surface area contributed by atoms with Crippen LogP contribution in [0.4, 0.5) is 0 Å². The predicted octanol–water partition coefficient (Wildman–Crippen LogP) is 5.14. The number of benzene rings is 1. The van der Waals surface area contributed by atoms with Crippen molar-refractivity contribution < 1.29 is 0 Å². The monoisotopic (exact) mass is 230 g/mol. The summed E-state index contributed by atoms with van der Waals surface area (Å²) in [4.78, 5) is 0. The lowest BCUT2D eigenvalue weighted by molar-refractivity contribution is 0.339. The summed E-state index contributed by atoms with van der Waals surface area (Å²) >= 11 is 12.0. The average molecular weight is 231 g/mol. The summed E-state index contributed by atoms with van der Waals surface area (Å²) in [7, 11) is 0. The molecule has 0 fully saturated rings. The maximum atomic E-state index is 6.15. The molecule has 0 bridgehead atoms. The van der Waals surface area contributed by atoms with Crippen molar-refractivity contribution in [2.45, 2.75) is 33.6 Å². The van der Waals surface area contributed by atoms with Crippen LogP contribution in [0.2, 0.25) is 10.0 Å². The number of hydrogen-bond donors (Lipinski definition) is 0. The first kappa shape index (κ1) is 11.9. The van der Waals surface area contributed by atoms with Gasteiger partial charge in [-0.05, 0) is 29.0 Å². The van der Waals surface area contributed by atoms with E-state index in [9.17, 15) is 0 Å². The van der Waals surface area contributed by atoms with Gasteiger partial charge in [-0.3, -0.25) is 0 Å². The van der Waals surface area contributed by atoms with Gasteiger partial charge in [0.1, 0.15) is 0 Å². The SMILES string of the molecule is CC(c1ccc(Cl)cc1Cl)C(C)(C)C. The molecule has 78 valence electrons. The van der Waals surface area contributed by atoms with Gasteiger partial charge >= 0.3 is 0 Å². The van der Waals surface area contributed by atoms with Gasteiger partial charge in [-0.1, -0.05) is 57.0 Å². The molecule has 0 heterocycles. The van der Waals surface area contributed by atoms with Gasteiger partial charge in [-0.2, -0.15) is 0 Å². The Labute approximate surface area is 96.2 Å². The van der Waals surface area contributed by atoms with E-state index in [-0.39, 0.29) is 5.41 Å². The molecule has 1 unspecified atom stereocenters. The van der Waals surface area contributed by atoms with Crippen molar-refractivity contribution in [2.24, 2.45) is 5.41 Å². The largest absolute Gasteiger partial charge is 0.0843 e. The lowest BCUT2D eigenvalue weighted by Gasteiger charge is -2.28. The summed E-state index contributed by atoms with van der Waals surface area (Å²) in [6.45, 7) is 8.82. The Kier molecular flexibility index (Phi) is 3.49. The molecule has 2 heteroatoms. The van der Waals surface area contributed by atoms with Gasteiger partial charge in [0.15, 0.2) is 0 Å². The van der Waals surface area contributed by atoms with Crippen LogP contribution in [0.5, 0.6) is 0 Å². The van der Waals surface area contributed by atoms with Crippen molar-refractivity contribution >= 4 is 23.2 Å². The van der Waals surface area contributed by atoms with Gasteiger partial charge in [0.25, 0.3) is 0 Å². The highest BCUT2D eigenvalue weighted by Crippen LogP contribution is 2.38. The van der Waals surface area contributed by atoms with Gasteiger partial charge in [-0.15, -0.1) is 0 Å². The molecule has 0 aromatic heterocycles. The summed E-state index contributed by atoms with van der Waals surface area (Å²) in [6.07, 6.45) is 0. The van der Waals surface area contributed by atoms with Crippen LogP contribution >= 0.6 is 23.2 Å². The molecule has 0 radical (unpaired) electrons. The second-order valence-electron chi connectivity index (χ2n) is 4.75. The Bertz CT molecular complexity index is 324. The van der Waals surface area contributed by atoms with Crippen molar-refractivity contribution in [2.75, 3.05) is 0 Å². The molecule has 0 N–H and O–H groups in total. The molecular weight excluding hydrogens is 215 g/mol. The molecule has 0 nitrogen and oxygen atoms in total. The molecular formula is C12H16Cl2. The minimum atomic E-state index is 0.220. The van der Waals surface area contributed by atoms with E-state index in [0.717, 1.165) is 5.02 Å². The molecule has 0 aliphatic heterocycles. The first-order valence-corrected chi connectivity index (χ1v) is 5.53. The first-order chi connectivity index (χ1) is 6.32. The third kappa shape index (κ3) is 2.65. The predicted molar refractivity (Wildman–Crippen MR) is 64.3 cm³/mol. The van der Waals surface area contributed by atoms with Crippen molar-refractivity contribution in [3.63, 3.8) is 0 Å². The molecule has 0 aliphatic rings. The molecule has 0 amide bonds. The second-order valence-corrected chi connectivity index (χ2v) is 5.60. The highest BCUT2D eigenvalue weighted by atomic mass is 35.5. The van der Waals surface area contributed by atoms with Crippen LogP contribution in [0.3, 0.4) is 0 Å². The quantitative estimate of drug-likeness (QED) is 0.627. The molecule has 0 saturated heterocycles. The fraction of sp³-hybridized carbons (Fsp3) is 0.500. The standard InChI is InChI=1S/C12H16Cl2/c1-8(12(2,3)4)10-6-5-9(13)7-11(10)14/h5-8H,1-4H3. The minimum Gasteiger partial charge on any atom is -0.0843 e. The zero-order chi connectivity index (χ0) is 10.9. The molecule has 0 aliphatic carbocycles. The number of halogens is 2. The Morgan fingerprint density at radius 3 is 2.14 bits per heavy atom. The maximum absolute atomic E-state index is 6.15. The minimum absolute atomic E-state index is 0.220. The van der Waals surface area contributed by atoms with Crippen LogP contribution in [0.15, 0.2) is 18.2 Å². The maximum Gasteiger partial charge on any atom is 0.0455 e. The lowest BCUT2D eigenvalue weighted by Crippen LogP contribution is -2.15. The summed E-state index contributed by atoms with van der Waals surface area (Å²) in [6, 6.07) is 5.71. The van der Waals surface area contributed by atoms with E-state index in [1.807, 2.05) is 12.1 Å². The fourth-order valence-electron chi connectivity index (χ4n) is 1.32. The Hall–Kier alpha value is -0.200. The van der Waals surface area contributed by atoms with Crippen LogP contribution in [-0.4, -0.2) is 0 Å². The Balaban J connectivity index is 3.08. The molecule has 1 atom stereocenters. The normalized spacial score (nSPS) is 14.1. The van der Waals surface area contributed by atoms with E-state index in [0.29, 0.717) is 10.9 Å². The zero-order valence-corrected chi connectivity index (χ0v) is 10.6. The smallest absolute Gasteiger partial charge is 0.0455 e. The van der Waals surface area contributed by atoms with E-state index >= 15 is 0 Å². The average Bonchev–Trinajstić information content (AvgIpc) is 2.01.